The van der Waals surface area contributed by atoms with Crippen LogP contribution in [0.15, 0.2) is 18.2 Å². The largest absolute Gasteiger partial charge is 0.476 e. The first-order valence-electron chi connectivity index (χ1n) is 5.89. The van der Waals surface area contributed by atoms with Crippen LogP contribution >= 0.6 is 0 Å². The van der Waals surface area contributed by atoms with Gasteiger partial charge in [0, 0.05) is 6.04 Å². The first-order chi connectivity index (χ1) is 8.66. The van der Waals surface area contributed by atoms with Gasteiger partial charge in [-0.2, -0.15) is 0 Å². The molecule has 0 spiro atoms. The van der Waals surface area contributed by atoms with E-state index in [4.69, 9.17) is 10.8 Å². The Bertz CT molecular complexity index is 616. The Labute approximate surface area is 103 Å². The smallest absolute Gasteiger partial charge is 0.356 e. The van der Waals surface area contributed by atoms with Gasteiger partial charge < -0.3 is 16.2 Å². The standard InChI is InChI=1S/C12H14N4O2/c13-9-3-1-2-8-11(12(17)18)15-10(16(8)9)6-14-7-4-5-7/h1-3,7,14H,4-6,13H2,(H,17,18). The van der Waals surface area contributed by atoms with Gasteiger partial charge in [0.2, 0.25) is 0 Å². The number of carbonyl (C=O) groups is 1. The average Bonchev–Trinajstić information content (AvgIpc) is 3.07. The van der Waals surface area contributed by atoms with E-state index in [1.165, 1.54) is 12.8 Å². The number of nitrogens with two attached hydrogens (primary N) is 1. The number of carboxylic acid groups (broad SMARTS) is 1. The van der Waals surface area contributed by atoms with Gasteiger partial charge in [-0.05, 0) is 25.0 Å². The molecule has 2 heterocycles. The van der Waals surface area contributed by atoms with Crippen LogP contribution in [0.5, 0.6) is 0 Å². The zero-order valence-corrected chi connectivity index (χ0v) is 9.76. The lowest BCUT2D eigenvalue weighted by molar-refractivity contribution is 0.0693. The van der Waals surface area contributed by atoms with Gasteiger partial charge in [-0.25, -0.2) is 9.78 Å². The second-order valence-electron chi connectivity index (χ2n) is 4.51. The molecule has 18 heavy (non-hydrogen) atoms. The predicted molar refractivity (Wildman–Crippen MR) is 66.4 cm³/mol. The van der Waals surface area contributed by atoms with Crippen molar-refractivity contribution in [2.45, 2.75) is 25.4 Å². The van der Waals surface area contributed by atoms with Crippen LogP contribution in [-0.4, -0.2) is 26.5 Å². The van der Waals surface area contributed by atoms with Gasteiger partial charge in [-0.3, -0.25) is 4.40 Å². The SMILES string of the molecule is Nc1cccc2c(C(=O)O)nc(CNC3CC3)n12. The minimum atomic E-state index is -1.03. The van der Waals surface area contributed by atoms with Gasteiger partial charge in [0.1, 0.15) is 11.6 Å². The molecule has 6 nitrogen and oxygen atoms in total. The Hall–Kier alpha value is -2.08. The number of nitrogens with zero attached hydrogens (tertiary/aromatic N) is 2. The number of anilines is 1. The fourth-order valence-corrected chi connectivity index (χ4v) is 2.03. The highest BCUT2D eigenvalue weighted by Gasteiger charge is 2.23. The van der Waals surface area contributed by atoms with Crippen LogP contribution in [-0.2, 0) is 6.54 Å². The molecule has 6 heteroatoms. The summed E-state index contributed by atoms with van der Waals surface area (Å²) in [4.78, 5) is 15.3. The number of fused-ring (bicyclic) bond motifs is 1. The minimum Gasteiger partial charge on any atom is -0.476 e. The summed E-state index contributed by atoms with van der Waals surface area (Å²) in [7, 11) is 0. The van der Waals surface area contributed by atoms with Crippen molar-refractivity contribution in [3.05, 3.63) is 29.7 Å². The number of hydrogen-bond donors (Lipinski definition) is 3. The van der Waals surface area contributed by atoms with Crippen molar-refractivity contribution in [1.29, 1.82) is 0 Å². The monoisotopic (exact) mass is 246 g/mol. The zero-order valence-electron chi connectivity index (χ0n) is 9.76. The lowest BCUT2D eigenvalue weighted by atomic mass is 10.3. The summed E-state index contributed by atoms with van der Waals surface area (Å²) in [5, 5.41) is 12.5. The number of imidazole rings is 1. The van der Waals surface area contributed by atoms with E-state index >= 15 is 0 Å². The Kier molecular flexibility index (Phi) is 2.45. The Morgan fingerprint density at radius 1 is 1.56 bits per heavy atom. The van der Waals surface area contributed by atoms with Crippen molar-refractivity contribution in [3.63, 3.8) is 0 Å². The highest BCUT2D eigenvalue weighted by atomic mass is 16.4. The van der Waals surface area contributed by atoms with E-state index in [9.17, 15) is 4.79 Å². The molecule has 0 bridgehead atoms. The Morgan fingerprint density at radius 2 is 2.33 bits per heavy atom. The van der Waals surface area contributed by atoms with E-state index in [0.717, 1.165) is 0 Å². The highest BCUT2D eigenvalue weighted by Crippen LogP contribution is 2.21. The van der Waals surface area contributed by atoms with Crippen LogP contribution < -0.4 is 11.1 Å². The summed E-state index contributed by atoms with van der Waals surface area (Å²) in [6.07, 6.45) is 2.34. The van der Waals surface area contributed by atoms with Crippen molar-refractivity contribution in [2.75, 3.05) is 5.73 Å². The Morgan fingerprint density at radius 3 is 3.00 bits per heavy atom. The zero-order chi connectivity index (χ0) is 12.7. The van der Waals surface area contributed by atoms with E-state index in [2.05, 4.69) is 10.3 Å². The minimum absolute atomic E-state index is 0.0508. The molecule has 0 radical (unpaired) electrons. The second kappa shape index (κ2) is 3.99. The van der Waals surface area contributed by atoms with Gasteiger partial charge >= 0.3 is 5.97 Å². The second-order valence-corrected chi connectivity index (χ2v) is 4.51. The molecule has 0 atom stereocenters. The summed E-state index contributed by atoms with van der Waals surface area (Å²) in [6, 6.07) is 5.72. The first kappa shape index (κ1) is 11.0. The fourth-order valence-electron chi connectivity index (χ4n) is 2.03. The van der Waals surface area contributed by atoms with E-state index in [1.54, 1.807) is 22.6 Å². The van der Waals surface area contributed by atoms with Crippen molar-refractivity contribution < 1.29 is 9.90 Å². The maximum Gasteiger partial charge on any atom is 0.356 e. The van der Waals surface area contributed by atoms with Crippen LogP contribution in [0.2, 0.25) is 0 Å². The van der Waals surface area contributed by atoms with Gasteiger partial charge in [0.05, 0.1) is 12.1 Å². The molecule has 1 fully saturated rings. The molecule has 0 saturated heterocycles. The normalized spacial score (nSPS) is 15.1. The molecular weight excluding hydrogens is 232 g/mol. The van der Waals surface area contributed by atoms with Crippen LogP contribution in [0.4, 0.5) is 5.82 Å². The van der Waals surface area contributed by atoms with Crippen molar-refractivity contribution in [2.24, 2.45) is 0 Å². The summed E-state index contributed by atoms with van der Waals surface area (Å²) in [5.41, 5.74) is 6.48. The van der Waals surface area contributed by atoms with E-state index in [-0.39, 0.29) is 5.69 Å². The van der Waals surface area contributed by atoms with E-state index in [1.807, 2.05) is 0 Å². The van der Waals surface area contributed by atoms with Crippen LogP contribution in [0.3, 0.4) is 0 Å². The molecule has 1 saturated carbocycles. The predicted octanol–water partition coefficient (Wildman–Crippen LogP) is 0.867. The maximum absolute atomic E-state index is 11.2. The summed E-state index contributed by atoms with van der Waals surface area (Å²) >= 11 is 0. The third-order valence-corrected chi connectivity index (χ3v) is 3.09. The maximum atomic E-state index is 11.2. The molecule has 0 amide bonds. The molecule has 1 aliphatic rings. The molecule has 0 unspecified atom stereocenters. The topological polar surface area (TPSA) is 92.7 Å². The summed E-state index contributed by atoms with van der Waals surface area (Å²) < 4.78 is 1.69. The van der Waals surface area contributed by atoms with E-state index < -0.39 is 5.97 Å². The number of carboxylic acids is 1. The summed E-state index contributed by atoms with van der Waals surface area (Å²) in [6.45, 7) is 0.535. The van der Waals surface area contributed by atoms with E-state index in [0.29, 0.717) is 29.7 Å². The highest BCUT2D eigenvalue weighted by molar-refractivity contribution is 5.94. The fraction of sp³-hybridized carbons (Fsp3) is 0.333. The molecule has 0 aromatic carbocycles. The molecule has 2 aromatic rings. The number of nitrogens with one attached hydrogen (secondary N) is 1. The van der Waals surface area contributed by atoms with Crippen molar-refractivity contribution in [3.8, 4) is 0 Å². The number of aromatic nitrogens is 2. The van der Waals surface area contributed by atoms with Gasteiger partial charge in [0.15, 0.2) is 5.69 Å². The van der Waals surface area contributed by atoms with Crippen LogP contribution in [0.1, 0.15) is 29.2 Å². The molecule has 2 aromatic heterocycles. The first-order valence-corrected chi connectivity index (χ1v) is 5.89. The van der Waals surface area contributed by atoms with Gasteiger partial charge in [-0.1, -0.05) is 6.07 Å². The average molecular weight is 246 g/mol. The number of pyridine rings is 1. The number of hydrogen-bond acceptors (Lipinski definition) is 4. The number of nitrogen functional groups attached to an aromatic ring is 1. The number of aromatic carboxylic acids is 1. The lowest BCUT2D eigenvalue weighted by Crippen LogP contribution is -2.18. The van der Waals surface area contributed by atoms with Gasteiger partial charge in [0.25, 0.3) is 0 Å². The van der Waals surface area contributed by atoms with Crippen LogP contribution in [0.25, 0.3) is 5.52 Å². The Balaban J connectivity index is 2.08. The quantitative estimate of drug-likeness (QED) is 0.744. The lowest BCUT2D eigenvalue weighted by Gasteiger charge is -2.05. The van der Waals surface area contributed by atoms with Crippen molar-refractivity contribution in [1.82, 2.24) is 14.7 Å². The molecule has 1 aliphatic carbocycles. The molecule has 3 rings (SSSR count). The van der Waals surface area contributed by atoms with Crippen molar-refractivity contribution >= 4 is 17.3 Å². The number of rotatable bonds is 4. The summed E-state index contributed by atoms with van der Waals surface area (Å²) in [5.74, 6) is 0.114. The third-order valence-electron chi connectivity index (χ3n) is 3.09. The third kappa shape index (κ3) is 1.80. The van der Waals surface area contributed by atoms with Gasteiger partial charge in [-0.15, -0.1) is 0 Å². The van der Waals surface area contributed by atoms with Crippen LogP contribution in [0, 0.1) is 0 Å². The molecule has 94 valence electrons. The molecule has 4 N–H and O–H groups in total. The molecular formula is C12H14N4O2. The molecule has 0 aliphatic heterocycles.